The second-order valence-electron chi connectivity index (χ2n) is 6.11. The van der Waals surface area contributed by atoms with Crippen molar-refractivity contribution in [3.05, 3.63) is 76.8 Å². The molecule has 3 rings (SSSR count). The lowest BCUT2D eigenvalue weighted by molar-refractivity contribution is 0.102. The van der Waals surface area contributed by atoms with Gasteiger partial charge in [-0.2, -0.15) is 0 Å². The Balaban J connectivity index is 1.86. The molecule has 0 atom stereocenters. The smallest absolute Gasteiger partial charge is 0.257 e. The first-order valence-corrected chi connectivity index (χ1v) is 9.06. The first-order valence-electron chi connectivity index (χ1n) is 8.68. The van der Waals surface area contributed by atoms with Crippen LogP contribution in [0, 0.1) is 6.92 Å². The Morgan fingerprint density at radius 2 is 1.61 bits per heavy atom. The minimum absolute atomic E-state index is 0.241. The summed E-state index contributed by atoms with van der Waals surface area (Å²) >= 11 is 6.20. The molecule has 0 bridgehead atoms. The van der Waals surface area contributed by atoms with Gasteiger partial charge in [0.25, 0.3) is 5.91 Å². The van der Waals surface area contributed by atoms with Crippen LogP contribution >= 0.6 is 11.6 Å². The lowest BCUT2D eigenvalue weighted by Crippen LogP contribution is -2.14. The number of methoxy groups -OCH3 is 2. The van der Waals surface area contributed by atoms with Crippen LogP contribution in [0.4, 0.5) is 17.1 Å². The van der Waals surface area contributed by atoms with E-state index in [9.17, 15) is 4.79 Å². The number of amides is 1. The monoisotopic (exact) mass is 396 g/mol. The molecule has 0 saturated heterocycles. The molecule has 0 saturated carbocycles. The van der Waals surface area contributed by atoms with E-state index < -0.39 is 0 Å². The molecule has 28 heavy (non-hydrogen) atoms. The number of carbonyl (C=O) groups is 1. The highest BCUT2D eigenvalue weighted by Crippen LogP contribution is 2.31. The molecule has 2 N–H and O–H groups in total. The molecule has 1 amide bonds. The molecular formula is C22H21ClN2O3. The second-order valence-corrected chi connectivity index (χ2v) is 6.51. The van der Waals surface area contributed by atoms with E-state index in [-0.39, 0.29) is 5.91 Å². The van der Waals surface area contributed by atoms with Crippen LogP contribution in [0.1, 0.15) is 15.9 Å². The average molecular weight is 397 g/mol. The van der Waals surface area contributed by atoms with Gasteiger partial charge in [0.2, 0.25) is 0 Å². The van der Waals surface area contributed by atoms with E-state index in [1.807, 2.05) is 43.3 Å². The van der Waals surface area contributed by atoms with Crippen LogP contribution < -0.4 is 20.1 Å². The first kappa shape index (κ1) is 19.6. The normalized spacial score (nSPS) is 10.3. The molecule has 0 aliphatic carbocycles. The summed E-state index contributed by atoms with van der Waals surface area (Å²) in [4.78, 5) is 12.9. The highest BCUT2D eigenvalue weighted by Gasteiger charge is 2.14. The Morgan fingerprint density at radius 3 is 2.36 bits per heavy atom. The van der Waals surface area contributed by atoms with E-state index in [0.717, 1.165) is 11.3 Å². The van der Waals surface area contributed by atoms with Crippen LogP contribution in [0.25, 0.3) is 0 Å². The molecule has 0 heterocycles. The third-order valence-electron chi connectivity index (χ3n) is 4.35. The number of nitrogens with one attached hydrogen (secondary N) is 2. The van der Waals surface area contributed by atoms with Gasteiger partial charge in [0.1, 0.15) is 0 Å². The molecule has 0 aliphatic heterocycles. The van der Waals surface area contributed by atoms with Crippen molar-refractivity contribution in [3.63, 3.8) is 0 Å². The lowest BCUT2D eigenvalue weighted by atomic mass is 10.1. The minimum Gasteiger partial charge on any atom is -0.493 e. The number of benzene rings is 3. The molecule has 0 aromatic heterocycles. The number of ether oxygens (including phenoxy) is 2. The van der Waals surface area contributed by atoms with Crippen LogP contribution in [0.15, 0.2) is 60.7 Å². The second kappa shape index (κ2) is 8.67. The fourth-order valence-electron chi connectivity index (χ4n) is 2.79. The van der Waals surface area contributed by atoms with E-state index in [1.165, 1.54) is 0 Å². The van der Waals surface area contributed by atoms with Gasteiger partial charge in [-0.1, -0.05) is 29.8 Å². The Bertz CT molecular complexity index is 1000. The van der Waals surface area contributed by atoms with Crippen molar-refractivity contribution in [1.29, 1.82) is 0 Å². The zero-order chi connectivity index (χ0) is 20.1. The van der Waals surface area contributed by atoms with Crippen molar-refractivity contribution in [1.82, 2.24) is 0 Å². The predicted octanol–water partition coefficient (Wildman–Crippen LogP) is 5.66. The van der Waals surface area contributed by atoms with Crippen LogP contribution in [-0.2, 0) is 0 Å². The van der Waals surface area contributed by atoms with Crippen molar-refractivity contribution >= 4 is 34.6 Å². The third kappa shape index (κ3) is 4.21. The Morgan fingerprint density at radius 1 is 0.893 bits per heavy atom. The molecule has 144 valence electrons. The molecule has 5 nitrogen and oxygen atoms in total. The number of carbonyl (C=O) groups excluding carboxylic acids is 1. The molecule has 3 aromatic carbocycles. The first-order chi connectivity index (χ1) is 13.5. The molecule has 0 spiro atoms. The van der Waals surface area contributed by atoms with Crippen molar-refractivity contribution in [2.24, 2.45) is 0 Å². The maximum atomic E-state index is 12.9. The van der Waals surface area contributed by atoms with Crippen LogP contribution in [0.5, 0.6) is 11.5 Å². The van der Waals surface area contributed by atoms with E-state index in [0.29, 0.717) is 33.5 Å². The van der Waals surface area contributed by atoms with Gasteiger partial charge in [0.05, 0.1) is 25.5 Å². The van der Waals surface area contributed by atoms with E-state index in [2.05, 4.69) is 10.6 Å². The fraction of sp³-hybridized carbons (Fsp3) is 0.136. The van der Waals surface area contributed by atoms with Crippen molar-refractivity contribution in [3.8, 4) is 11.5 Å². The molecule has 0 fully saturated rings. The topological polar surface area (TPSA) is 59.6 Å². The summed E-state index contributed by atoms with van der Waals surface area (Å²) in [5.74, 6) is 0.898. The fourth-order valence-corrected chi connectivity index (χ4v) is 2.97. The summed E-state index contributed by atoms with van der Waals surface area (Å²) in [7, 11) is 3.12. The van der Waals surface area contributed by atoms with Gasteiger partial charge in [-0.15, -0.1) is 0 Å². The standard InChI is InChI=1S/C22H21ClN2O3/c1-14-17(23)8-6-10-18(14)25-19-9-5-4-7-16(19)22(26)24-15-11-12-20(27-2)21(13-15)28-3/h4-13,25H,1-3H3,(H,24,26). The largest absolute Gasteiger partial charge is 0.493 e. The highest BCUT2D eigenvalue weighted by atomic mass is 35.5. The van der Waals surface area contributed by atoms with Crippen LogP contribution in [-0.4, -0.2) is 20.1 Å². The van der Waals surface area contributed by atoms with Gasteiger partial charge < -0.3 is 20.1 Å². The van der Waals surface area contributed by atoms with Crippen molar-refractivity contribution in [2.75, 3.05) is 24.9 Å². The van der Waals surface area contributed by atoms with E-state index in [1.54, 1.807) is 38.5 Å². The number of hydrogen-bond donors (Lipinski definition) is 2. The highest BCUT2D eigenvalue weighted by molar-refractivity contribution is 6.31. The lowest BCUT2D eigenvalue weighted by Gasteiger charge is -2.15. The van der Waals surface area contributed by atoms with E-state index >= 15 is 0 Å². The molecule has 0 radical (unpaired) electrons. The van der Waals surface area contributed by atoms with Gasteiger partial charge in [-0.25, -0.2) is 0 Å². The van der Waals surface area contributed by atoms with Gasteiger partial charge in [0, 0.05) is 22.5 Å². The summed E-state index contributed by atoms with van der Waals surface area (Å²) < 4.78 is 10.5. The third-order valence-corrected chi connectivity index (χ3v) is 4.76. The average Bonchev–Trinajstić information content (AvgIpc) is 2.71. The number of anilines is 3. The molecule has 0 aliphatic rings. The van der Waals surface area contributed by atoms with Gasteiger partial charge >= 0.3 is 0 Å². The van der Waals surface area contributed by atoms with Crippen molar-refractivity contribution in [2.45, 2.75) is 6.92 Å². The summed E-state index contributed by atoms with van der Waals surface area (Å²) in [5.41, 5.74) is 3.57. The van der Waals surface area contributed by atoms with Crippen LogP contribution in [0.2, 0.25) is 5.02 Å². The summed E-state index contributed by atoms with van der Waals surface area (Å²) in [5, 5.41) is 6.86. The zero-order valence-corrected chi connectivity index (χ0v) is 16.6. The zero-order valence-electron chi connectivity index (χ0n) is 15.9. The van der Waals surface area contributed by atoms with Gasteiger partial charge in [0.15, 0.2) is 11.5 Å². The number of rotatable bonds is 6. The Labute approximate surface area is 169 Å². The van der Waals surface area contributed by atoms with E-state index in [4.69, 9.17) is 21.1 Å². The quantitative estimate of drug-likeness (QED) is 0.564. The summed E-state index contributed by atoms with van der Waals surface area (Å²) in [6, 6.07) is 18.1. The minimum atomic E-state index is -0.241. The number of para-hydroxylation sites is 1. The van der Waals surface area contributed by atoms with Gasteiger partial charge in [-0.3, -0.25) is 4.79 Å². The SMILES string of the molecule is COc1ccc(NC(=O)c2ccccc2Nc2cccc(Cl)c2C)cc1OC. The predicted molar refractivity (Wildman–Crippen MR) is 113 cm³/mol. The van der Waals surface area contributed by atoms with Crippen LogP contribution in [0.3, 0.4) is 0 Å². The summed E-state index contributed by atoms with van der Waals surface area (Å²) in [6.07, 6.45) is 0. The molecule has 6 heteroatoms. The Kier molecular flexibility index (Phi) is 6.06. The van der Waals surface area contributed by atoms with Crippen molar-refractivity contribution < 1.29 is 14.3 Å². The maximum Gasteiger partial charge on any atom is 0.257 e. The van der Waals surface area contributed by atoms with Gasteiger partial charge in [-0.05, 0) is 48.9 Å². The molecule has 3 aromatic rings. The molecule has 0 unspecified atom stereocenters. The maximum absolute atomic E-state index is 12.9. The number of hydrogen-bond acceptors (Lipinski definition) is 4. The molecular weight excluding hydrogens is 376 g/mol. The number of halogens is 1. The Hall–Kier alpha value is -3.18. The summed E-state index contributed by atoms with van der Waals surface area (Å²) in [6.45, 7) is 1.93.